The van der Waals surface area contributed by atoms with Crippen LogP contribution >= 0.6 is 24.8 Å². The van der Waals surface area contributed by atoms with Crippen molar-refractivity contribution in [1.82, 2.24) is 10.2 Å². The van der Waals surface area contributed by atoms with Crippen molar-refractivity contribution in [3.63, 3.8) is 0 Å². The molecule has 1 aromatic rings. The van der Waals surface area contributed by atoms with Gasteiger partial charge in [0.2, 0.25) is 0 Å². The molecule has 0 amide bonds. The number of nitrogens with zero attached hydrogens (tertiary/aromatic N) is 1. The molecule has 1 fully saturated rings. The second-order valence-electron chi connectivity index (χ2n) is 4.15. The number of nitrogens with one attached hydrogen (secondary N) is 1. The number of hydrogen-bond donors (Lipinski definition) is 1. The molecule has 0 aliphatic carbocycles. The van der Waals surface area contributed by atoms with Gasteiger partial charge in [0.15, 0.2) is 5.78 Å². The summed E-state index contributed by atoms with van der Waals surface area (Å²) in [4.78, 5) is 14.3. The van der Waals surface area contributed by atoms with Crippen molar-refractivity contribution in [2.24, 2.45) is 0 Å². The lowest BCUT2D eigenvalue weighted by molar-refractivity contribution is 0.0918. The monoisotopic (exact) mass is 306 g/mol. The van der Waals surface area contributed by atoms with E-state index >= 15 is 0 Å². The number of halogens is 2. The first-order chi connectivity index (χ1) is 8.31. The molecule has 1 aliphatic rings. The normalized spacial score (nSPS) is 15.0. The van der Waals surface area contributed by atoms with Gasteiger partial charge in [-0.25, -0.2) is 0 Å². The van der Waals surface area contributed by atoms with E-state index in [1.807, 2.05) is 24.3 Å². The van der Waals surface area contributed by atoms with E-state index in [0.717, 1.165) is 26.2 Å². The summed E-state index contributed by atoms with van der Waals surface area (Å²) in [5, 5.41) is 3.27. The van der Waals surface area contributed by atoms with Crippen molar-refractivity contribution in [3.05, 3.63) is 29.8 Å². The number of ether oxygens (including phenoxy) is 1. The molecule has 0 spiro atoms. The molecule has 6 heteroatoms. The average molecular weight is 307 g/mol. The summed E-state index contributed by atoms with van der Waals surface area (Å²) in [6.45, 7) is 4.25. The molecule has 0 radical (unpaired) electrons. The Labute approximate surface area is 126 Å². The maximum absolute atomic E-state index is 12.2. The number of Topliss-reactive ketones (excluding diaryl/α,β-unsaturated/α-hetero) is 1. The molecule has 1 aromatic carbocycles. The van der Waals surface area contributed by atoms with E-state index in [0.29, 0.717) is 17.9 Å². The lowest BCUT2D eigenvalue weighted by atomic mass is 10.1. The predicted molar refractivity (Wildman–Crippen MR) is 81.1 cm³/mol. The Morgan fingerprint density at radius 3 is 2.53 bits per heavy atom. The summed E-state index contributed by atoms with van der Waals surface area (Å²) in [6.07, 6.45) is 0. The van der Waals surface area contributed by atoms with Crippen LogP contribution in [0.15, 0.2) is 24.3 Å². The Morgan fingerprint density at radius 1 is 1.26 bits per heavy atom. The van der Waals surface area contributed by atoms with Gasteiger partial charge in [0.05, 0.1) is 19.2 Å². The SMILES string of the molecule is COc1ccccc1C(=O)CN1CCNCC1.Cl.Cl. The van der Waals surface area contributed by atoms with Gasteiger partial charge in [0.25, 0.3) is 0 Å². The highest BCUT2D eigenvalue weighted by molar-refractivity contribution is 6.00. The molecule has 1 aliphatic heterocycles. The van der Waals surface area contributed by atoms with Crippen molar-refractivity contribution in [2.45, 2.75) is 0 Å². The Balaban J connectivity index is 0.00000162. The van der Waals surface area contributed by atoms with Crippen LogP contribution in [-0.4, -0.2) is 50.5 Å². The van der Waals surface area contributed by atoms with Crippen LogP contribution < -0.4 is 10.1 Å². The Bertz CT molecular complexity index is 396. The number of hydrogen-bond acceptors (Lipinski definition) is 4. The van der Waals surface area contributed by atoms with Crippen LogP contribution in [0.2, 0.25) is 0 Å². The predicted octanol–water partition coefficient (Wildman–Crippen LogP) is 1.63. The number of methoxy groups -OCH3 is 1. The second-order valence-corrected chi connectivity index (χ2v) is 4.15. The molecular weight excluding hydrogens is 287 g/mol. The average Bonchev–Trinajstić information content (AvgIpc) is 2.40. The lowest BCUT2D eigenvalue weighted by Crippen LogP contribution is -2.45. The summed E-state index contributed by atoms with van der Waals surface area (Å²) in [5.74, 6) is 0.789. The lowest BCUT2D eigenvalue weighted by Gasteiger charge is -2.26. The summed E-state index contributed by atoms with van der Waals surface area (Å²) in [5.41, 5.74) is 0.675. The molecule has 2 rings (SSSR count). The van der Waals surface area contributed by atoms with Gasteiger partial charge in [-0.1, -0.05) is 12.1 Å². The zero-order valence-electron chi connectivity index (χ0n) is 10.9. The van der Waals surface area contributed by atoms with Gasteiger partial charge >= 0.3 is 0 Å². The number of piperazine rings is 1. The second kappa shape index (κ2) is 9.15. The van der Waals surface area contributed by atoms with Crippen LogP contribution in [0, 0.1) is 0 Å². The van der Waals surface area contributed by atoms with E-state index < -0.39 is 0 Å². The first kappa shape index (κ1) is 18.2. The van der Waals surface area contributed by atoms with Crippen LogP contribution in [0.5, 0.6) is 5.75 Å². The van der Waals surface area contributed by atoms with Crippen molar-refractivity contribution in [3.8, 4) is 5.75 Å². The molecule has 0 saturated carbocycles. The number of rotatable bonds is 4. The standard InChI is InChI=1S/C13H18N2O2.2ClH/c1-17-13-5-3-2-4-11(13)12(16)10-15-8-6-14-7-9-15;;/h2-5,14H,6-10H2,1H3;2*1H. The summed E-state index contributed by atoms with van der Waals surface area (Å²) < 4.78 is 5.20. The fourth-order valence-electron chi connectivity index (χ4n) is 2.03. The smallest absolute Gasteiger partial charge is 0.180 e. The molecule has 0 unspecified atom stereocenters. The van der Waals surface area contributed by atoms with Gasteiger partial charge in [0.1, 0.15) is 5.75 Å². The van der Waals surface area contributed by atoms with Crippen molar-refractivity contribution < 1.29 is 9.53 Å². The van der Waals surface area contributed by atoms with E-state index in [4.69, 9.17) is 4.74 Å². The van der Waals surface area contributed by atoms with Gasteiger partial charge in [-0.3, -0.25) is 9.69 Å². The Hall–Kier alpha value is -0.810. The number of benzene rings is 1. The van der Waals surface area contributed by atoms with Crippen LogP contribution in [-0.2, 0) is 0 Å². The third-order valence-electron chi connectivity index (χ3n) is 2.98. The number of carbonyl (C=O) groups excluding carboxylic acids is 1. The number of ketones is 1. The van der Waals surface area contributed by atoms with Crippen molar-refractivity contribution in [1.29, 1.82) is 0 Å². The van der Waals surface area contributed by atoms with E-state index in [1.54, 1.807) is 7.11 Å². The van der Waals surface area contributed by atoms with Crippen LogP contribution in [0.1, 0.15) is 10.4 Å². The van der Waals surface area contributed by atoms with Crippen molar-refractivity contribution in [2.75, 3.05) is 39.8 Å². The topological polar surface area (TPSA) is 41.6 Å². The van der Waals surface area contributed by atoms with Crippen molar-refractivity contribution >= 4 is 30.6 Å². The molecule has 0 aromatic heterocycles. The van der Waals surface area contributed by atoms with Crippen LogP contribution in [0.25, 0.3) is 0 Å². The maximum atomic E-state index is 12.2. The minimum atomic E-state index is 0. The highest BCUT2D eigenvalue weighted by atomic mass is 35.5. The number of carbonyl (C=O) groups is 1. The largest absolute Gasteiger partial charge is 0.496 e. The zero-order valence-corrected chi connectivity index (χ0v) is 12.6. The third kappa shape index (κ3) is 4.99. The summed E-state index contributed by atoms with van der Waals surface area (Å²) in [6, 6.07) is 7.39. The molecule has 4 nitrogen and oxygen atoms in total. The maximum Gasteiger partial charge on any atom is 0.180 e. The minimum Gasteiger partial charge on any atom is -0.496 e. The highest BCUT2D eigenvalue weighted by Gasteiger charge is 2.17. The Morgan fingerprint density at radius 2 is 1.89 bits per heavy atom. The molecule has 108 valence electrons. The molecule has 1 heterocycles. The van der Waals surface area contributed by atoms with Gasteiger partial charge in [-0.15, -0.1) is 24.8 Å². The van der Waals surface area contributed by atoms with E-state index in [-0.39, 0.29) is 30.6 Å². The van der Waals surface area contributed by atoms with Gasteiger partial charge < -0.3 is 10.1 Å². The molecule has 1 N–H and O–H groups in total. The van der Waals surface area contributed by atoms with E-state index in [1.165, 1.54) is 0 Å². The van der Waals surface area contributed by atoms with E-state index in [2.05, 4.69) is 10.2 Å². The zero-order chi connectivity index (χ0) is 12.1. The fourth-order valence-corrected chi connectivity index (χ4v) is 2.03. The summed E-state index contributed by atoms with van der Waals surface area (Å²) in [7, 11) is 1.59. The molecular formula is C13H20Cl2N2O2. The van der Waals surface area contributed by atoms with Gasteiger partial charge in [0, 0.05) is 26.2 Å². The first-order valence-corrected chi connectivity index (χ1v) is 5.90. The van der Waals surface area contributed by atoms with Crippen LogP contribution in [0.4, 0.5) is 0 Å². The fraction of sp³-hybridized carbons (Fsp3) is 0.462. The first-order valence-electron chi connectivity index (χ1n) is 5.90. The van der Waals surface area contributed by atoms with Gasteiger partial charge in [-0.05, 0) is 12.1 Å². The Kier molecular flexibility index (Phi) is 8.76. The van der Waals surface area contributed by atoms with Gasteiger partial charge in [-0.2, -0.15) is 0 Å². The van der Waals surface area contributed by atoms with Crippen LogP contribution in [0.3, 0.4) is 0 Å². The molecule has 1 saturated heterocycles. The minimum absolute atomic E-state index is 0. The highest BCUT2D eigenvalue weighted by Crippen LogP contribution is 2.18. The molecule has 0 bridgehead atoms. The third-order valence-corrected chi connectivity index (χ3v) is 2.98. The van der Waals surface area contributed by atoms with E-state index in [9.17, 15) is 4.79 Å². The molecule has 0 atom stereocenters. The molecule has 19 heavy (non-hydrogen) atoms. The number of para-hydroxylation sites is 1. The summed E-state index contributed by atoms with van der Waals surface area (Å²) >= 11 is 0. The quantitative estimate of drug-likeness (QED) is 0.859.